The highest BCUT2D eigenvalue weighted by Crippen LogP contribution is 2.05. The topological polar surface area (TPSA) is 54.0 Å². The number of amides is 1. The molecule has 1 amide bonds. The van der Waals surface area contributed by atoms with Crippen LogP contribution in [0.4, 0.5) is 0 Å². The Morgan fingerprint density at radius 3 is 2.74 bits per heavy atom. The predicted octanol–water partition coefficient (Wildman–Crippen LogP) is 1.89. The van der Waals surface area contributed by atoms with E-state index >= 15 is 0 Å². The average Bonchev–Trinajstić information content (AvgIpc) is 2.39. The molecular weight excluding hydrogens is 238 g/mol. The lowest BCUT2D eigenvalue weighted by Crippen LogP contribution is -2.41. The molecule has 1 heterocycles. The number of carbonyl (C=O) groups excluding carboxylic acids is 1. The largest absolute Gasteiger partial charge is 0.352 e. The van der Waals surface area contributed by atoms with Gasteiger partial charge in [0.1, 0.15) is 0 Å². The smallest absolute Gasteiger partial charge is 0.234 e. The summed E-state index contributed by atoms with van der Waals surface area (Å²) in [6.45, 7) is 9.29. The zero-order valence-electron chi connectivity index (χ0n) is 12.4. The van der Waals surface area contributed by atoms with Crippen molar-refractivity contribution < 1.29 is 4.79 Å². The van der Waals surface area contributed by atoms with Crippen LogP contribution in [0, 0.1) is 5.92 Å². The summed E-state index contributed by atoms with van der Waals surface area (Å²) in [5.41, 5.74) is 2.25. The molecule has 1 unspecified atom stereocenters. The number of aromatic nitrogens is 1. The van der Waals surface area contributed by atoms with E-state index in [1.165, 1.54) is 5.56 Å². The van der Waals surface area contributed by atoms with Gasteiger partial charge in [-0.1, -0.05) is 26.8 Å². The minimum Gasteiger partial charge on any atom is -0.352 e. The molecule has 19 heavy (non-hydrogen) atoms. The third-order valence-electron chi connectivity index (χ3n) is 3.33. The monoisotopic (exact) mass is 263 g/mol. The summed E-state index contributed by atoms with van der Waals surface area (Å²) < 4.78 is 0. The first-order valence-corrected chi connectivity index (χ1v) is 6.97. The Balaban J connectivity index is 2.36. The van der Waals surface area contributed by atoms with E-state index in [0.29, 0.717) is 19.0 Å². The summed E-state index contributed by atoms with van der Waals surface area (Å²) in [5.74, 6) is 0.488. The van der Waals surface area contributed by atoms with Crippen LogP contribution < -0.4 is 10.6 Å². The number of nitrogens with zero attached hydrogens (tertiary/aromatic N) is 1. The molecule has 0 saturated carbocycles. The molecule has 4 heteroatoms. The van der Waals surface area contributed by atoms with Crippen molar-refractivity contribution in [3.63, 3.8) is 0 Å². The van der Waals surface area contributed by atoms with Gasteiger partial charge in [-0.15, -0.1) is 0 Å². The minimum atomic E-state index is 0.0372. The number of aryl methyl sites for hydroxylation is 1. The van der Waals surface area contributed by atoms with Crippen LogP contribution in [-0.4, -0.2) is 23.5 Å². The third-order valence-corrected chi connectivity index (χ3v) is 3.33. The molecule has 0 bridgehead atoms. The van der Waals surface area contributed by atoms with Gasteiger partial charge in [-0.3, -0.25) is 9.78 Å². The predicted molar refractivity (Wildman–Crippen MR) is 77.8 cm³/mol. The second kappa shape index (κ2) is 7.89. The standard InChI is InChI=1S/C15H25N3O/c1-5-13-7-6-8-17-14(13)9-16-10-15(19)18-12(4)11(2)3/h6-8,11-12,16H,5,9-10H2,1-4H3,(H,18,19). The van der Waals surface area contributed by atoms with Gasteiger partial charge in [-0.05, 0) is 30.9 Å². The molecule has 0 aliphatic carbocycles. The van der Waals surface area contributed by atoms with E-state index in [4.69, 9.17) is 0 Å². The van der Waals surface area contributed by atoms with E-state index in [1.807, 2.05) is 13.0 Å². The van der Waals surface area contributed by atoms with Crippen molar-refractivity contribution in [3.8, 4) is 0 Å². The first kappa shape index (κ1) is 15.6. The lowest BCUT2D eigenvalue weighted by atomic mass is 10.1. The van der Waals surface area contributed by atoms with Crippen LogP contribution in [0.1, 0.15) is 39.0 Å². The van der Waals surface area contributed by atoms with Crippen LogP contribution in [0.3, 0.4) is 0 Å². The van der Waals surface area contributed by atoms with Gasteiger partial charge >= 0.3 is 0 Å². The van der Waals surface area contributed by atoms with Crippen LogP contribution in [0.15, 0.2) is 18.3 Å². The molecular formula is C15H25N3O. The lowest BCUT2D eigenvalue weighted by molar-refractivity contribution is -0.121. The Labute approximate surface area is 116 Å². The van der Waals surface area contributed by atoms with E-state index in [0.717, 1.165) is 12.1 Å². The van der Waals surface area contributed by atoms with Gasteiger partial charge in [0.2, 0.25) is 5.91 Å². The Kier molecular flexibility index (Phi) is 6.50. The highest BCUT2D eigenvalue weighted by Gasteiger charge is 2.10. The van der Waals surface area contributed by atoms with Crippen LogP contribution in [0.2, 0.25) is 0 Å². The molecule has 106 valence electrons. The Morgan fingerprint density at radius 2 is 2.11 bits per heavy atom. The molecule has 1 aromatic rings. The maximum atomic E-state index is 11.7. The molecule has 0 saturated heterocycles. The lowest BCUT2D eigenvalue weighted by Gasteiger charge is -2.17. The highest BCUT2D eigenvalue weighted by atomic mass is 16.1. The van der Waals surface area contributed by atoms with Gasteiger partial charge in [0, 0.05) is 18.8 Å². The first-order chi connectivity index (χ1) is 9.04. The quantitative estimate of drug-likeness (QED) is 0.790. The summed E-state index contributed by atoms with van der Waals surface area (Å²) >= 11 is 0. The van der Waals surface area contributed by atoms with Crippen LogP contribution in [0.5, 0.6) is 0 Å². The van der Waals surface area contributed by atoms with Gasteiger partial charge in [0.25, 0.3) is 0 Å². The molecule has 0 radical (unpaired) electrons. The van der Waals surface area contributed by atoms with Crippen LogP contribution in [0.25, 0.3) is 0 Å². The van der Waals surface area contributed by atoms with Crippen LogP contribution >= 0.6 is 0 Å². The van der Waals surface area contributed by atoms with Crippen molar-refractivity contribution in [1.82, 2.24) is 15.6 Å². The van der Waals surface area contributed by atoms with Gasteiger partial charge in [-0.25, -0.2) is 0 Å². The van der Waals surface area contributed by atoms with Gasteiger partial charge in [0.15, 0.2) is 0 Å². The third kappa shape index (κ3) is 5.39. The van der Waals surface area contributed by atoms with Crippen molar-refractivity contribution in [3.05, 3.63) is 29.6 Å². The molecule has 0 spiro atoms. The number of rotatable bonds is 7. The van der Waals surface area contributed by atoms with Gasteiger partial charge < -0.3 is 10.6 Å². The van der Waals surface area contributed by atoms with E-state index in [9.17, 15) is 4.79 Å². The van der Waals surface area contributed by atoms with Gasteiger partial charge in [-0.2, -0.15) is 0 Å². The van der Waals surface area contributed by atoms with E-state index in [-0.39, 0.29) is 11.9 Å². The molecule has 0 aromatic carbocycles. The van der Waals surface area contributed by atoms with Crippen molar-refractivity contribution in [2.45, 2.75) is 46.7 Å². The number of nitrogens with one attached hydrogen (secondary N) is 2. The Bertz CT molecular complexity index is 404. The van der Waals surface area contributed by atoms with Crippen molar-refractivity contribution >= 4 is 5.91 Å². The van der Waals surface area contributed by atoms with Gasteiger partial charge in [0.05, 0.1) is 12.2 Å². The molecule has 0 aliphatic heterocycles. The zero-order chi connectivity index (χ0) is 14.3. The highest BCUT2D eigenvalue weighted by molar-refractivity contribution is 5.78. The molecule has 1 rings (SSSR count). The maximum Gasteiger partial charge on any atom is 0.234 e. The normalized spacial score (nSPS) is 12.5. The van der Waals surface area contributed by atoms with Crippen molar-refractivity contribution in [1.29, 1.82) is 0 Å². The fourth-order valence-electron chi connectivity index (χ4n) is 1.72. The number of hydrogen-bond donors (Lipinski definition) is 2. The summed E-state index contributed by atoms with van der Waals surface area (Å²) in [6.07, 6.45) is 2.75. The summed E-state index contributed by atoms with van der Waals surface area (Å²) in [6, 6.07) is 4.22. The Hall–Kier alpha value is -1.42. The fraction of sp³-hybridized carbons (Fsp3) is 0.600. The van der Waals surface area contributed by atoms with Crippen molar-refractivity contribution in [2.24, 2.45) is 5.92 Å². The molecule has 1 atom stereocenters. The average molecular weight is 263 g/mol. The molecule has 0 fully saturated rings. The first-order valence-electron chi connectivity index (χ1n) is 6.97. The van der Waals surface area contributed by atoms with Crippen LogP contribution in [-0.2, 0) is 17.8 Å². The van der Waals surface area contributed by atoms with E-state index in [2.05, 4.69) is 42.5 Å². The number of hydrogen-bond acceptors (Lipinski definition) is 3. The summed E-state index contributed by atoms with van der Waals surface area (Å²) in [5, 5.41) is 6.12. The van der Waals surface area contributed by atoms with E-state index < -0.39 is 0 Å². The second-order valence-corrected chi connectivity index (χ2v) is 5.17. The minimum absolute atomic E-state index is 0.0372. The second-order valence-electron chi connectivity index (χ2n) is 5.17. The SMILES string of the molecule is CCc1cccnc1CNCC(=O)NC(C)C(C)C. The maximum absolute atomic E-state index is 11.7. The number of carbonyl (C=O) groups is 1. The summed E-state index contributed by atoms with van der Waals surface area (Å²) in [7, 11) is 0. The Morgan fingerprint density at radius 1 is 1.37 bits per heavy atom. The fourth-order valence-corrected chi connectivity index (χ4v) is 1.72. The molecule has 1 aromatic heterocycles. The number of pyridine rings is 1. The van der Waals surface area contributed by atoms with Crippen molar-refractivity contribution in [2.75, 3.05) is 6.54 Å². The zero-order valence-corrected chi connectivity index (χ0v) is 12.4. The molecule has 2 N–H and O–H groups in total. The summed E-state index contributed by atoms with van der Waals surface area (Å²) in [4.78, 5) is 16.0. The molecule has 0 aliphatic rings. The molecule has 4 nitrogen and oxygen atoms in total. The van der Waals surface area contributed by atoms with E-state index in [1.54, 1.807) is 6.20 Å².